The van der Waals surface area contributed by atoms with E-state index in [2.05, 4.69) is 26.3 Å². The molecule has 0 radical (unpaired) electrons. The lowest BCUT2D eigenvalue weighted by Crippen LogP contribution is -2.59. The molecule has 1 aliphatic carbocycles. The van der Waals surface area contributed by atoms with Gasteiger partial charge in [0.25, 0.3) is 5.91 Å². The molecule has 0 aliphatic heterocycles. The van der Waals surface area contributed by atoms with Crippen molar-refractivity contribution in [1.29, 1.82) is 0 Å². The molecule has 13 heteroatoms. The van der Waals surface area contributed by atoms with Crippen LogP contribution >= 0.6 is 0 Å². The van der Waals surface area contributed by atoms with Crippen molar-refractivity contribution in [2.24, 2.45) is 16.5 Å². The highest BCUT2D eigenvalue weighted by Gasteiger charge is 2.35. The molecule has 2 aromatic rings. The minimum atomic E-state index is -1.48. The predicted octanol–water partition coefficient (Wildman–Crippen LogP) is -0.0115. The van der Waals surface area contributed by atoms with Crippen LogP contribution in [0.5, 0.6) is 0 Å². The molecule has 248 valence electrons. The number of Topliss-reactive ketones (excluding diaryl/α,β-unsaturated/α-hetero) is 1. The third-order valence-electron chi connectivity index (χ3n) is 7.48. The number of guanidine groups is 1. The summed E-state index contributed by atoms with van der Waals surface area (Å²) in [6.45, 7) is 1.48. The van der Waals surface area contributed by atoms with E-state index in [0.29, 0.717) is 12.8 Å². The number of aliphatic imine (C=N–C) groups is 1. The molecule has 0 aromatic heterocycles. The first kappa shape index (κ1) is 35.7. The van der Waals surface area contributed by atoms with Crippen LogP contribution < -0.4 is 32.7 Å². The SMILES string of the molecule is C[C@@H](O)[C@H](NC(=O)[C@H](CCc1ccccc1)NC(=O)CCc1ccccc1)C(=O)NC(CCCN=C(N)N)C(=O)C(=O)NC1CC1. The lowest BCUT2D eigenvalue weighted by atomic mass is 10.0. The van der Waals surface area contributed by atoms with Crippen LogP contribution in [0, 0.1) is 0 Å². The van der Waals surface area contributed by atoms with Crippen molar-refractivity contribution in [1.82, 2.24) is 21.3 Å². The average Bonchev–Trinajstić information content (AvgIpc) is 3.86. The van der Waals surface area contributed by atoms with Gasteiger partial charge in [0.15, 0.2) is 5.96 Å². The van der Waals surface area contributed by atoms with Crippen LogP contribution in [-0.2, 0) is 36.8 Å². The zero-order chi connectivity index (χ0) is 33.5. The van der Waals surface area contributed by atoms with Gasteiger partial charge in [0.05, 0.1) is 12.1 Å². The number of hydrogen-bond acceptors (Lipinski definition) is 7. The molecule has 0 heterocycles. The molecule has 0 bridgehead atoms. The summed E-state index contributed by atoms with van der Waals surface area (Å²) < 4.78 is 0. The van der Waals surface area contributed by atoms with Gasteiger partial charge in [-0.25, -0.2) is 0 Å². The number of aliphatic hydroxyl groups is 1. The molecule has 4 atom stereocenters. The van der Waals surface area contributed by atoms with Gasteiger partial charge >= 0.3 is 0 Å². The van der Waals surface area contributed by atoms with Gasteiger partial charge < -0.3 is 37.8 Å². The van der Waals surface area contributed by atoms with Crippen LogP contribution in [-0.4, -0.2) is 77.3 Å². The summed E-state index contributed by atoms with van der Waals surface area (Å²) >= 11 is 0. The summed E-state index contributed by atoms with van der Waals surface area (Å²) in [6.07, 6.45) is 1.79. The first-order valence-corrected chi connectivity index (χ1v) is 15.6. The summed E-state index contributed by atoms with van der Waals surface area (Å²) in [6, 6.07) is 15.1. The standard InChI is InChI=1S/C33H45N7O6/c1-21(41)28(31(45)39-25(13-8-20-36-33(34)35)29(43)32(46)37-24-16-17-24)40-30(44)26(18-14-22-9-4-2-5-10-22)38-27(42)19-15-23-11-6-3-7-12-23/h2-7,9-12,21,24-26,28,41H,8,13-20H2,1H3,(H,37,46)(H,38,42)(H,39,45)(H,40,44)(H4,34,35,36)/t21-,25?,26+,28+/m1/s1. The number of nitrogens with one attached hydrogen (secondary N) is 4. The van der Waals surface area contributed by atoms with Crippen molar-refractivity contribution in [2.75, 3.05) is 6.54 Å². The number of nitrogens with two attached hydrogens (primary N) is 2. The van der Waals surface area contributed by atoms with E-state index >= 15 is 0 Å². The normalized spacial score (nSPS) is 14.9. The third kappa shape index (κ3) is 12.7. The molecule has 0 spiro atoms. The fourth-order valence-electron chi connectivity index (χ4n) is 4.73. The Hall–Kier alpha value is -4.78. The number of aliphatic hydroxyl groups excluding tert-OH is 1. The van der Waals surface area contributed by atoms with E-state index in [1.54, 1.807) is 0 Å². The summed E-state index contributed by atoms with van der Waals surface area (Å²) in [5.74, 6) is -3.70. The highest BCUT2D eigenvalue weighted by Crippen LogP contribution is 2.18. The summed E-state index contributed by atoms with van der Waals surface area (Å²) in [7, 11) is 0. The van der Waals surface area contributed by atoms with Gasteiger partial charge in [0.2, 0.25) is 23.5 Å². The molecule has 9 N–H and O–H groups in total. The van der Waals surface area contributed by atoms with E-state index in [4.69, 9.17) is 11.5 Å². The first-order valence-electron chi connectivity index (χ1n) is 15.6. The minimum Gasteiger partial charge on any atom is -0.391 e. The van der Waals surface area contributed by atoms with E-state index < -0.39 is 47.7 Å². The van der Waals surface area contributed by atoms with Gasteiger partial charge in [-0.05, 0) is 63.0 Å². The second kappa shape index (κ2) is 18.3. The highest BCUT2D eigenvalue weighted by atomic mass is 16.3. The lowest BCUT2D eigenvalue weighted by molar-refractivity contribution is -0.141. The fraction of sp³-hybridized carbons (Fsp3) is 0.455. The molecule has 0 saturated heterocycles. The zero-order valence-electron chi connectivity index (χ0n) is 26.1. The number of benzene rings is 2. The Kier molecular flexibility index (Phi) is 14.2. The number of carbonyl (C=O) groups is 5. The molecular weight excluding hydrogens is 590 g/mol. The third-order valence-corrected chi connectivity index (χ3v) is 7.48. The van der Waals surface area contributed by atoms with Crippen molar-refractivity contribution in [2.45, 2.75) is 88.6 Å². The monoisotopic (exact) mass is 635 g/mol. The molecular formula is C33H45N7O6. The Morgan fingerprint density at radius 2 is 1.43 bits per heavy atom. The lowest BCUT2D eigenvalue weighted by Gasteiger charge is -2.26. The van der Waals surface area contributed by atoms with Crippen LogP contribution in [0.15, 0.2) is 65.7 Å². The number of amides is 4. The van der Waals surface area contributed by atoms with Gasteiger partial charge in [-0.2, -0.15) is 0 Å². The van der Waals surface area contributed by atoms with E-state index in [-0.39, 0.29) is 50.1 Å². The average molecular weight is 636 g/mol. The topological polar surface area (TPSA) is 218 Å². The maximum atomic E-state index is 13.5. The molecule has 13 nitrogen and oxygen atoms in total. The van der Waals surface area contributed by atoms with Crippen molar-refractivity contribution in [3.8, 4) is 0 Å². The van der Waals surface area contributed by atoms with E-state index in [9.17, 15) is 29.1 Å². The Labute approximate surface area is 269 Å². The van der Waals surface area contributed by atoms with E-state index in [1.165, 1.54) is 6.92 Å². The fourth-order valence-corrected chi connectivity index (χ4v) is 4.73. The smallest absolute Gasteiger partial charge is 0.289 e. The van der Waals surface area contributed by atoms with Crippen LogP contribution in [0.2, 0.25) is 0 Å². The highest BCUT2D eigenvalue weighted by molar-refractivity contribution is 6.38. The van der Waals surface area contributed by atoms with Crippen molar-refractivity contribution < 1.29 is 29.1 Å². The molecule has 1 aliphatic rings. The summed E-state index contributed by atoms with van der Waals surface area (Å²) in [5.41, 5.74) is 12.7. The van der Waals surface area contributed by atoms with Gasteiger partial charge in [-0.1, -0.05) is 60.7 Å². The Morgan fingerprint density at radius 3 is 2.00 bits per heavy atom. The minimum absolute atomic E-state index is 0.0388. The van der Waals surface area contributed by atoms with E-state index in [1.807, 2.05) is 60.7 Å². The molecule has 46 heavy (non-hydrogen) atoms. The maximum Gasteiger partial charge on any atom is 0.289 e. The number of rotatable bonds is 19. The second-order valence-corrected chi connectivity index (χ2v) is 11.5. The second-order valence-electron chi connectivity index (χ2n) is 11.5. The van der Waals surface area contributed by atoms with Gasteiger partial charge in [0, 0.05) is 19.0 Å². The number of aryl methyl sites for hydroxylation is 2. The van der Waals surface area contributed by atoms with Crippen LogP contribution in [0.25, 0.3) is 0 Å². The van der Waals surface area contributed by atoms with Crippen molar-refractivity contribution >= 4 is 35.4 Å². The number of hydrogen-bond donors (Lipinski definition) is 7. The molecule has 3 rings (SSSR count). The van der Waals surface area contributed by atoms with Crippen molar-refractivity contribution in [3.05, 3.63) is 71.8 Å². The summed E-state index contributed by atoms with van der Waals surface area (Å²) in [4.78, 5) is 69.2. The van der Waals surface area contributed by atoms with Crippen LogP contribution in [0.1, 0.15) is 56.6 Å². The van der Waals surface area contributed by atoms with Crippen LogP contribution in [0.3, 0.4) is 0 Å². The predicted molar refractivity (Wildman–Crippen MR) is 173 cm³/mol. The zero-order valence-corrected chi connectivity index (χ0v) is 26.1. The van der Waals surface area contributed by atoms with Crippen molar-refractivity contribution in [3.63, 3.8) is 0 Å². The van der Waals surface area contributed by atoms with Gasteiger partial charge in [-0.3, -0.25) is 29.0 Å². The molecule has 1 saturated carbocycles. The molecule has 1 fully saturated rings. The molecule has 1 unspecified atom stereocenters. The van der Waals surface area contributed by atoms with E-state index in [0.717, 1.165) is 24.0 Å². The largest absolute Gasteiger partial charge is 0.391 e. The number of ketones is 1. The van der Waals surface area contributed by atoms with Crippen LogP contribution in [0.4, 0.5) is 0 Å². The first-order chi connectivity index (χ1) is 22.0. The van der Waals surface area contributed by atoms with Gasteiger partial charge in [0.1, 0.15) is 12.1 Å². The Morgan fingerprint density at radius 1 is 0.826 bits per heavy atom. The van der Waals surface area contributed by atoms with Gasteiger partial charge in [-0.15, -0.1) is 0 Å². The Bertz CT molecular complexity index is 1340. The summed E-state index contributed by atoms with van der Waals surface area (Å²) in [5, 5.41) is 21.0. The maximum absolute atomic E-state index is 13.5. The quantitative estimate of drug-likeness (QED) is 0.0481. The number of nitrogens with zero attached hydrogens (tertiary/aromatic N) is 1. The molecule has 4 amide bonds. The Balaban J connectivity index is 1.70. The number of carbonyl (C=O) groups excluding carboxylic acids is 5. The molecule has 2 aromatic carbocycles.